The highest BCUT2D eigenvalue weighted by Crippen LogP contribution is 2.19. The fourth-order valence-electron chi connectivity index (χ4n) is 1.77. The number of nitrogens with one attached hydrogen (secondary N) is 1. The van der Waals surface area contributed by atoms with Crippen molar-refractivity contribution in [2.24, 2.45) is 0 Å². The molecule has 1 N–H and O–H groups in total. The van der Waals surface area contributed by atoms with Crippen LogP contribution in [0, 0.1) is 0 Å². The van der Waals surface area contributed by atoms with Crippen LogP contribution in [0.1, 0.15) is 32.3 Å². The van der Waals surface area contributed by atoms with Gasteiger partial charge < -0.3 is 9.88 Å². The largest absolute Gasteiger partial charge is 0.326 e. The van der Waals surface area contributed by atoms with E-state index in [1.807, 2.05) is 12.4 Å². The number of rotatable bonds is 4. The maximum Gasteiger partial charge on any atom is 0.207 e. The SMILES string of the molecule is CCn1ccnc1Nc1ccc(C(C)C)cc1. The van der Waals surface area contributed by atoms with Gasteiger partial charge in [0, 0.05) is 24.6 Å². The molecule has 90 valence electrons. The van der Waals surface area contributed by atoms with Gasteiger partial charge in [-0.05, 0) is 30.5 Å². The lowest BCUT2D eigenvalue weighted by Crippen LogP contribution is -2.01. The molecule has 17 heavy (non-hydrogen) atoms. The van der Waals surface area contributed by atoms with E-state index < -0.39 is 0 Å². The smallest absolute Gasteiger partial charge is 0.207 e. The van der Waals surface area contributed by atoms with Gasteiger partial charge in [0.25, 0.3) is 0 Å². The fourth-order valence-corrected chi connectivity index (χ4v) is 1.77. The number of aromatic nitrogens is 2. The second kappa shape index (κ2) is 5.04. The average Bonchev–Trinajstić information content (AvgIpc) is 2.77. The molecular weight excluding hydrogens is 210 g/mol. The molecule has 0 saturated carbocycles. The molecule has 0 amide bonds. The van der Waals surface area contributed by atoms with E-state index >= 15 is 0 Å². The first-order chi connectivity index (χ1) is 8.20. The van der Waals surface area contributed by atoms with Gasteiger partial charge in [-0.1, -0.05) is 26.0 Å². The molecule has 1 aromatic carbocycles. The van der Waals surface area contributed by atoms with Crippen molar-refractivity contribution in [1.82, 2.24) is 9.55 Å². The van der Waals surface area contributed by atoms with Crippen molar-refractivity contribution in [1.29, 1.82) is 0 Å². The van der Waals surface area contributed by atoms with Gasteiger partial charge in [0.2, 0.25) is 5.95 Å². The minimum absolute atomic E-state index is 0.571. The van der Waals surface area contributed by atoms with E-state index in [0.717, 1.165) is 18.2 Å². The van der Waals surface area contributed by atoms with E-state index in [0.29, 0.717) is 5.92 Å². The van der Waals surface area contributed by atoms with Crippen molar-refractivity contribution in [3.05, 3.63) is 42.2 Å². The molecule has 0 bridgehead atoms. The number of imidazole rings is 1. The summed E-state index contributed by atoms with van der Waals surface area (Å²) in [6.45, 7) is 7.43. The molecule has 0 aliphatic rings. The summed E-state index contributed by atoms with van der Waals surface area (Å²) in [4.78, 5) is 4.29. The van der Waals surface area contributed by atoms with Gasteiger partial charge in [-0.2, -0.15) is 0 Å². The van der Waals surface area contributed by atoms with E-state index in [-0.39, 0.29) is 0 Å². The van der Waals surface area contributed by atoms with Crippen LogP contribution in [0.4, 0.5) is 11.6 Å². The van der Waals surface area contributed by atoms with Crippen molar-refractivity contribution in [2.75, 3.05) is 5.32 Å². The molecule has 2 rings (SSSR count). The highest BCUT2D eigenvalue weighted by Gasteiger charge is 2.02. The molecule has 2 aromatic rings. The van der Waals surface area contributed by atoms with Gasteiger partial charge in [-0.25, -0.2) is 4.98 Å². The van der Waals surface area contributed by atoms with Crippen LogP contribution in [-0.4, -0.2) is 9.55 Å². The first-order valence-electron chi connectivity index (χ1n) is 6.09. The highest BCUT2D eigenvalue weighted by atomic mass is 15.2. The summed E-state index contributed by atoms with van der Waals surface area (Å²) in [5, 5.41) is 3.32. The lowest BCUT2D eigenvalue weighted by molar-refractivity contribution is 0.772. The van der Waals surface area contributed by atoms with Crippen molar-refractivity contribution in [3.63, 3.8) is 0 Å². The van der Waals surface area contributed by atoms with Crippen LogP contribution >= 0.6 is 0 Å². The fraction of sp³-hybridized carbons (Fsp3) is 0.357. The summed E-state index contributed by atoms with van der Waals surface area (Å²) in [5.41, 5.74) is 2.43. The average molecular weight is 229 g/mol. The summed E-state index contributed by atoms with van der Waals surface area (Å²) < 4.78 is 2.08. The number of benzene rings is 1. The number of anilines is 2. The quantitative estimate of drug-likeness (QED) is 0.864. The molecule has 1 aromatic heterocycles. The van der Waals surface area contributed by atoms with Crippen molar-refractivity contribution < 1.29 is 0 Å². The third-order valence-corrected chi connectivity index (χ3v) is 2.89. The topological polar surface area (TPSA) is 29.9 Å². The Kier molecular flexibility index (Phi) is 3.47. The maximum atomic E-state index is 4.29. The van der Waals surface area contributed by atoms with Crippen LogP contribution in [0.25, 0.3) is 0 Å². The zero-order valence-electron chi connectivity index (χ0n) is 10.6. The molecule has 0 saturated heterocycles. The summed E-state index contributed by atoms with van der Waals surface area (Å²) in [7, 11) is 0. The van der Waals surface area contributed by atoms with Crippen LogP contribution in [0.2, 0.25) is 0 Å². The standard InChI is InChI=1S/C14H19N3/c1-4-17-10-9-15-14(17)16-13-7-5-12(6-8-13)11(2)3/h5-11H,4H2,1-3H3,(H,15,16). The summed E-state index contributed by atoms with van der Waals surface area (Å²) >= 11 is 0. The normalized spacial score (nSPS) is 10.8. The number of nitrogens with zero attached hydrogens (tertiary/aromatic N) is 2. The zero-order chi connectivity index (χ0) is 12.3. The van der Waals surface area contributed by atoms with E-state index in [4.69, 9.17) is 0 Å². The van der Waals surface area contributed by atoms with E-state index in [9.17, 15) is 0 Å². The Labute approximate surface area is 103 Å². The third-order valence-electron chi connectivity index (χ3n) is 2.89. The van der Waals surface area contributed by atoms with Crippen LogP contribution in [0.3, 0.4) is 0 Å². The van der Waals surface area contributed by atoms with Gasteiger partial charge in [-0.3, -0.25) is 0 Å². The number of hydrogen-bond acceptors (Lipinski definition) is 2. The van der Waals surface area contributed by atoms with Gasteiger partial charge in [0.05, 0.1) is 0 Å². The third kappa shape index (κ3) is 2.67. The Balaban J connectivity index is 2.14. The van der Waals surface area contributed by atoms with E-state index in [1.54, 1.807) is 0 Å². The Hall–Kier alpha value is -1.77. The molecule has 3 heteroatoms. The first-order valence-corrected chi connectivity index (χ1v) is 6.09. The summed E-state index contributed by atoms with van der Waals surface area (Å²) in [6.07, 6.45) is 3.79. The predicted molar refractivity (Wildman–Crippen MR) is 71.7 cm³/mol. The molecular formula is C14H19N3. The van der Waals surface area contributed by atoms with Gasteiger partial charge in [-0.15, -0.1) is 0 Å². The Bertz CT molecular complexity index is 468. The van der Waals surface area contributed by atoms with Gasteiger partial charge in [0.1, 0.15) is 0 Å². The lowest BCUT2D eigenvalue weighted by Gasteiger charge is -2.09. The zero-order valence-corrected chi connectivity index (χ0v) is 10.6. The molecule has 0 spiro atoms. The predicted octanol–water partition coefficient (Wildman–Crippen LogP) is 3.77. The number of hydrogen-bond donors (Lipinski definition) is 1. The molecule has 0 unspecified atom stereocenters. The Morgan fingerprint density at radius 2 is 1.94 bits per heavy atom. The minimum atomic E-state index is 0.571. The molecule has 0 atom stereocenters. The molecule has 0 radical (unpaired) electrons. The second-order valence-electron chi connectivity index (χ2n) is 4.44. The van der Waals surface area contributed by atoms with Gasteiger partial charge >= 0.3 is 0 Å². The van der Waals surface area contributed by atoms with Crippen LogP contribution in [0.15, 0.2) is 36.7 Å². The van der Waals surface area contributed by atoms with Crippen LogP contribution < -0.4 is 5.32 Å². The van der Waals surface area contributed by atoms with E-state index in [2.05, 4.69) is 59.9 Å². The monoisotopic (exact) mass is 229 g/mol. The molecule has 0 fully saturated rings. The summed E-state index contributed by atoms with van der Waals surface area (Å²) in [6, 6.07) is 8.52. The first kappa shape index (κ1) is 11.7. The van der Waals surface area contributed by atoms with Crippen LogP contribution in [-0.2, 0) is 6.54 Å². The highest BCUT2D eigenvalue weighted by molar-refractivity contribution is 5.54. The molecule has 0 aliphatic carbocycles. The Morgan fingerprint density at radius 3 is 2.53 bits per heavy atom. The minimum Gasteiger partial charge on any atom is -0.326 e. The molecule has 1 heterocycles. The van der Waals surface area contributed by atoms with Crippen LogP contribution in [0.5, 0.6) is 0 Å². The summed E-state index contributed by atoms with van der Waals surface area (Å²) in [5.74, 6) is 1.46. The van der Waals surface area contributed by atoms with Crippen molar-refractivity contribution in [2.45, 2.75) is 33.2 Å². The molecule has 3 nitrogen and oxygen atoms in total. The molecule has 0 aliphatic heterocycles. The van der Waals surface area contributed by atoms with Gasteiger partial charge in [0.15, 0.2) is 0 Å². The van der Waals surface area contributed by atoms with E-state index in [1.165, 1.54) is 5.56 Å². The number of aryl methyl sites for hydroxylation is 1. The lowest BCUT2D eigenvalue weighted by atomic mass is 10.0. The van der Waals surface area contributed by atoms with Crippen molar-refractivity contribution in [3.8, 4) is 0 Å². The Morgan fingerprint density at radius 1 is 1.24 bits per heavy atom. The maximum absolute atomic E-state index is 4.29. The second-order valence-corrected chi connectivity index (χ2v) is 4.44. The van der Waals surface area contributed by atoms with Crippen molar-refractivity contribution >= 4 is 11.6 Å².